The van der Waals surface area contributed by atoms with Crippen molar-refractivity contribution in [1.29, 1.82) is 0 Å². The van der Waals surface area contributed by atoms with Gasteiger partial charge in [0, 0.05) is 18.2 Å². The van der Waals surface area contributed by atoms with Crippen LogP contribution in [0.5, 0.6) is 0 Å². The van der Waals surface area contributed by atoms with Crippen molar-refractivity contribution in [2.45, 2.75) is 31.2 Å². The molecule has 0 atom stereocenters. The van der Waals surface area contributed by atoms with Crippen LogP contribution in [0.3, 0.4) is 0 Å². The molecule has 2 aromatic rings. The SMILES string of the molecule is CC(C)NC(=O)c1cccc(S(=O)(=O)NCCc2ccccc2F)c1. The Kier molecular flexibility index (Phi) is 6.27. The van der Waals surface area contributed by atoms with Gasteiger partial charge < -0.3 is 5.32 Å². The summed E-state index contributed by atoms with van der Waals surface area (Å²) in [5, 5.41) is 2.71. The molecular formula is C18H21FN2O3S. The molecule has 0 fully saturated rings. The van der Waals surface area contributed by atoms with Crippen LogP contribution < -0.4 is 10.0 Å². The number of hydrogen-bond acceptors (Lipinski definition) is 3. The van der Waals surface area contributed by atoms with Crippen LogP contribution in [0.15, 0.2) is 53.4 Å². The van der Waals surface area contributed by atoms with Gasteiger partial charge in [0.15, 0.2) is 0 Å². The summed E-state index contributed by atoms with van der Waals surface area (Å²) in [5.74, 6) is -0.701. The van der Waals surface area contributed by atoms with Crippen molar-refractivity contribution in [3.05, 3.63) is 65.5 Å². The van der Waals surface area contributed by atoms with Gasteiger partial charge in [-0.1, -0.05) is 24.3 Å². The molecule has 134 valence electrons. The van der Waals surface area contributed by atoms with Gasteiger partial charge in [-0.3, -0.25) is 4.79 Å². The van der Waals surface area contributed by atoms with E-state index in [2.05, 4.69) is 10.0 Å². The van der Waals surface area contributed by atoms with Crippen LogP contribution in [0.4, 0.5) is 4.39 Å². The third-order valence-electron chi connectivity index (χ3n) is 3.47. The monoisotopic (exact) mass is 364 g/mol. The number of amides is 1. The fourth-order valence-corrected chi connectivity index (χ4v) is 3.33. The van der Waals surface area contributed by atoms with E-state index in [-0.39, 0.29) is 41.2 Å². The maximum Gasteiger partial charge on any atom is 0.251 e. The second-order valence-electron chi connectivity index (χ2n) is 5.90. The molecule has 0 unspecified atom stereocenters. The molecule has 2 N–H and O–H groups in total. The maximum absolute atomic E-state index is 13.6. The summed E-state index contributed by atoms with van der Waals surface area (Å²) in [6.07, 6.45) is 0.236. The lowest BCUT2D eigenvalue weighted by atomic mass is 10.1. The zero-order chi connectivity index (χ0) is 18.4. The molecule has 25 heavy (non-hydrogen) atoms. The predicted octanol–water partition coefficient (Wildman–Crippen LogP) is 2.48. The van der Waals surface area contributed by atoms with E-state index in [9.17, 15) is 17.6 Å². The first-order chi connectivity index (χ1) is 11.8. The van der Waals surface area contributed by atoms with Gasteiger partial charge in [-0.15, -0.1) is 0 Å². The summed E-state index contributed by atoms with van der Waals surface area (Å²) in [5.41, 5.74) is 0.709. The Bertz CT molecular complexity index is 851. The molecular weight excluding hydrogens is 343 g/mol. The fourth-order valence-electron chi connectivity index (χ4n) is 2.25. The largest absolute Gasteiger partial charge is 0.350 e. The highest BCUT2D eigenvalue weighted by Gasteiger charge is 2.16. The van der Waals surface area contributed by atoms with Crippen molar-refractivity contribution in [2.24, 2.45) is 0 Å². The average Bonchev–Trinajstić information content (AvgIpc) is 2.56. The Balaban J connectivity index is 2.06. The second kappa shape index (κ2) is 8.22. The van der Waals surface area contributed by atoms with Gasteiger partial charge in [-0.25, -0.2) is 17.5 Å². The molecule has 0 spiro atoms. The van der Waals surface area contributed by atoms with Crippen LogP contribution >= 0.6 is 0 Å². The molecule has 0 saturated heterocycles. The van der Waals surface area contributed by atoms with E-state index in [0.717, 1.165) is 0 Å². The first-order valence-corrected chi connectivity index (χ1v) is 9.42. The fraction of sp³-hybridized carbons (Fsp3) is 0.278. The number of benzene rings is 2. The third kappa shape index (κ3) is 5.37. The van der Waals surface area contributed by atoms with Crippen molar-refractivity contribution in [3.8, 4) is 0 Å². The Morgan fingerprint density at radius 2 is 1.84 bits per heavy atom. The lowest BCUT2D eigenvalue weighted by molar-refractivity contribution is 0.0943. The highest BCUT2D eigenvalue weighted by Crippen LogP contribution is 2.12. The molecule has 2 rings (SSSR count). The first-order valence-electron chi connectivity index (χ1n) is 7.93. The van der Waals surface area contributed by atoms with Gasteiger partial charge >= 0.3 is 0 Å². The summed E-state index contributed by atoms with van der Waals surface area (Å²) in [6.45, 7) is 3.71. The van der Waals surface area contributed by atoms with Crippen LogP contribution in [0, 0.1) is 5.82 Å². The molecule has 0 aromatic heterocycles. The van der Waals surface area contributed by atoms with E-state index in [4.69, 9.17) is 0 Å². The minimum Gasteiger partial charge on any atom is -0.350 e. The van der Waals surface area contributed by atoms with E-state index < -0.39 is 10.0 Å². The molecule has 0 aliphatic rings. The first kappa shape index (κ1) is 19.1. The molecule has 0 aliphatic heterocycles. The lowest BCUT2D eigenvalue weighted by Crippen LogP contribution is -2.30. The zero-order valence-electron chi connectivity index (χ0n) is 14.1. The van der Waals surface area contributed by atoms with Crippen molar-refractivity contribution < 1.29 is 17.6 Å². The summed E-state index contributed by atoms with van der Waals surface area (Å²) >= 11 is 0. The van der Waals surface area contributed by atoms with E-state index in [1.165, 1.54) is 24.3 Å². The van der Waals surface area contributed by atoms with E-state index in [1.54, 1.807) is 24.3 Å². The molecule has 1 amide bonds. The average molecular weight is 364 g/mol. The number of halogens is 1. The smallest absolute Gasteiger partial charge is 0.251 e. The molecule has 0 radical (unpaired) electrons. The summed E-state index contributed by atoms with van der Waals surface area (Å²) in [4.78, 5) is 12.0. The highest BCUT2D eigenvalue weighted by atomic mass is 32.2. The number of carbonyl (C=O) groups excluding carboxylic acids is 1. The Hall–Kier alpha value is -2.25. The van der Waals surface area contributed by atoms with E-state index >= 15 is 0 Å². The van der Waals surface area contributed by atoms with Crippen molar-refractivity contribution >= 4 is 15.9 Å². The standard InChI is InChI=1S/C18H21FN2O3S/c1-13(2)21-18(22)15-7-5-8-16(12-15)25(23,24)20-11-10-14-6-3-4-9-17(14)19/h3-9,12-13,20H,10-11H2,1-2H3,(H,21,22). The molecule has 0 saturated carbocycles. The molecule has 2 aromatic carbocycles. The van der Waals surface area contributed by atoms with Gasteiger partial charge in [-0.2, -0.15) is 0 Å². The van der Waals surface area contributed by atoms with Crippen molar-refractivity contribution in [3.63, 3.8) is 0 Å². The molecule has 5 nitrogen and oxygen atoms in total. The minimum absolute atomic E-state index is 0.00237. The summed E-state index contributed by atoms with van der Waals surface area (Å²) < 4.78 is 40.7. The minimum atomic E-state index is -3.78. The normalized spacial score (nSPS) is 11.5. The van der Waals surface area contributed by atoms with Gasteiger partial charge in [-0.05, 0) is 50.1 Å². The number of hydrogen-bond donors (Lipinski definition) is 2. The Morgan fingerprint density at radius 3 is 2.52 bits per heavy atom. The summed E-state index contributed by atoms with van der Waals surface area (Å²) in [6, 6.07) is 12.0. The van der Waals surface area contributed by atoms with Crippen molar-refractivity contribution in [2.75, 3.05) is 6.54 Å². The van der Waals surface area contributed by atoms with E-state index in [1.807, 2.05) is 13.8 Å². The Labute approximate surface area is 147 Å². The van der Waals surface area contributed by atoms with Gasteiger partial charge in [0.05, 0.1) is 4.90 Å². The lowest BCUT2D eigenvalue weighted by Gasteiger charge is -2.11. The quantitative estimate of drug-likeness (QED) is 0.793. The van der Waals surface area contributed by atoms with E-state index in [0.29, 0.717) is 5.56 Å². The van der Waals surface area contributed by atoms with Crippen LogP contribution in [-0.4, -0.2) is 26.9 Å². The van der Waals surface area contributed by atoms with Crippen LogP contribution in [-0.2, 0) is 16.4 Å². The summed E-state index contributed by atoms with van der Waals surface area (Å²) in [7, 11) is -3.78. The molecule has 0 heterocycles. The van der Waals surface area contributed by atoms with Crippen LogP contribution in [0.1, 0.15) is 29.8 Å². The van der Waals surface area contributed by atoms with Crippen molar-refractivity contribution in [1.82, 2.24) is 10.0 Å². The van der Waals surface area contributed by atoms with Gasteiger partial charge in [0.1, 0.15) is 5.82 Å². The number of sulfonamides is 1. The Morgan fingerprint density at radius 1 is 1.12 bits per heavy atom. The van der Waals surface area contributed by atoms with Gasteiger partial charge in [0.2, 0.25) is 10.0 Å². The number of rotatable bonds is 7. The third-order valence-corrected chi connectivity index (χ3v) is 4.93. The van der Waals surface area contributed by atoms with Crippen LogP contribution in [0.25, 0.3) is 0 Å². The molecule has 0 bridgehead atoms. The number of carbonyl (C=O) groups is 1. The van der Waals surface area contributed by atoms with Crippen LogP contribution in [0.2, 0.25) is 0 Å². The predicted molar refractivity (Wildman–Crippen MR) is 94.3 cm³/mol. The topological polar surface area (TPSA) is 75.3 Å². The van der Waals surface area contributed by atoms with Gasteiger partial charge in [0.25, 0.3) is 5.91 Å². The maximum atomic E-state index is 13.6. The molecule has 0 aliphatic carbocycles. The zero-order valence-corrected chi connectivity index (χ0v) is 14.9. The highest BCUT2D eigenvalue weighted by molar-refractivity contribution is 7.89. The second-order valence-corrected chi connectivity index (χ2v) is 7.66. The number of nitrogens with one attached hydrogen (secondary N) is 2. The molecule has 7 heteroatoms.